The fraction of sp³-hybridized carbons (Fsp3) is 0.500. The minimum Gasteiger partial charge on any atom is -0.378 e. The van der Waals surface area contributed by atoms with Crippen LogP contribution in [-0.2, 0) is 10.3 Å². The largest absolute Gasteiger partial charge is 0.378 e. The number of anilines is 1. The van der Waals surface area contributed by atoms with E-state index >= 15 is 0 Å². The summed E-state index contributed by atoms with van der Waals surface area (Å²) in [6.45, 7) is 0.629. The Hall–Kier alpha value is -1.06. The van der Waals surface area contributed by atoms with Gasteiger partial charge in [-0.25, -0.2) is 5.90 Å². The zero-order valence-corrected chi connectivity index (χ0v) is 9.36. The van der Waals surface area contributed by atoms with E-state index in [1.807, 2.05) is 0 Å². The van der Waals surface area contributed by atoms with E-state index in [2.05, 4.69) is 43.3 Å². The van der Waals surface area contributed by atoms with Crippen molar-refractivity contribution in [2.75, 3.05) is 25.6 Å². The predicted octanol–water partition coefficient (Wildman–Crippen LogP) is 1.67. The first kappa shape index (κ1) is 10.5. The molecule has 0 spiro atoms. The maximum absolute atomic E-state index is 5.18. The molecular weight excluding hydrogens is 188 g/mol. The van der Waals surface area contributed by atoms with Crippen molar-refractivity contribution in [3.63, 3.8) is 0 Å². The lowest BCUT2D eigenvalue weighted by Crippen LogP contribution is -2.18. The molecule has 0 atom stereocenters. The zero-order chi connectivity index (χ0) is 10.9. The zero-order valence-electron chi connectivity index (χ0n) is 9.36. The van der Waals surface area contributed by atoms with E-state index in [0.29, 0.717) is 6.61 Å². The minimum absolute atomic E-state index is 0.195. The summed E-state index contributed by atoms with van der Waals surface area (Å²) in [5.74, 6) is 5.18. The molecule has 3 nitrogen and oxygen atoms in total. The van der Waals surface area contributed by atoms with E-state index < -0.39 is 0 Å². The molecule has 1 fully saturated rings. The molecular formula is C12H18N2O. The van der Waals surface area contributed by atoms with E-state index in [9.17, 15) is 0 Å². The Kier molecular flexibility index (Phi) is 2.67. The third-order valence-corrected chi connectivity index (χ3v) is 3.19. The van der Waals surface area contributed by atoms with Crippen LogP contribution in [0, 0.1) is 0 Å². The topological polar surface area (TPSA) is 38.5 Å². The van der Waals surface area contributed by atoms with Gasteiger partial charge in [0.05, 0.1) is 6.61 Å². The van der Waals surface area contributed by atoms with Gasteiger partial charge >= 0.3 is 0 Å². The van der Waals surface area contributed by atoms with Crippen LogP contribution in [0.2, 0.25) is 0 Å². The average Bonchev–Trinajstić information content (AvgIpc) is 3.00. The standard InChI is InChI=1S/C12H18N2O/c1-14(2)11-5-3-4-10(8-11)12(6-7-12)9-15-13/h3-5,8H,6-7,9,13H2,1-2H3. The van der Waals surface area contributed by atoms with Crippen LogP contribution in [0.3, 0.4) is 0 Å². The van der Waals surface area contributed by atoms with Crippen LogP contribution in [-0.4, -0.2) is 20.7 Å². The van der Waals surface area contributed by atoms with Crippen LogP contribution in [0.4, 0.5) is 5.69 Å². The van der Waals surface area contributed by atoms with Crippen LogP contribution in [0.15, 0.2) is 24.3 Å². The molecule has 1 aliphatic carbocycles. The predicted molar refractivity (Wildman–Crippen MR) is 61.8 cm³/mol. The molecule has 0 saturated heterocycles. The molecule has 1 aromatic rings. The highest BCUT2D eigenvalue weighted by atomic mass is 16.6. The van der Waals surface area contributed by atoms with Crippen molar-refractivity contribution in [2.45, 2.75) is 18.3 Å². The molecule has 0 aromatic heterocycles. The normalized spacial score (nSPS) is 17.5. The van der Waals surface area contributed by atoms with Gasteiger partial charge in [0.2, 0.25) is 0 Å². The third-order valence-electron chi connectivity index (χ3n) is 3.19. The average molecular weight is 206 g/mol. The smallest absolute Gasteiger partial charge is 0.0775 e. The van der Waals surface area contributed by atoms with Gasteiger partial charge in [0.25, 0.3) is 0 Å². The Labute approximate surface area is 90.8 Å². The van der Waals surface area contributed by atoms with E-state index in [0.717, 1.165) is 0 Å². The summed E-state index contributed by atoms with van der Waals surface area (Å²) in [4.78, 5) is 6.92. The van der Waals surface area contributed by atoms with Crippen LogP contribution >= 0.6 is 0 Å². The molecule has 1 saturated carbocycles. The molecule has 3 heteroatoms. The Morgan fingerprint density at radius 3 is 2.67 bits per heavy atom. The number of nitrogens with zero attached hydrogens (tertiary/aromatic N) is 1. The maximum Gasteiger partial charge on any atom is 0.0775 e. The Balaban J connectivity index is 2.25. The summed E-state index contributed by atoms with van der Waals surface area (Å²) >= 11 is 0. The number of rotatable bonds is 4. The lowest BCUT2D eigenvalue weighted by molar-refractivity contribution is 0.116. The first-order valence-electron chi connectivity index (χ1n) is 5.27. The van der Waals surface area contributed by atoms with Crippen LogP contribution < -0.4 is 10.8 Å². The Morgan fingerprint density at radius 1 is 1.40 bits per heavy atom. The molecule has 2 N–H and O–H groups in total. The van der Waals surface area contributed by atoms with Gasteiger partial charge < -0.3 is 9.74 Å². The first-order valence-corrected chi connectivity index (χ1v) is 5.27. The van der Waals surface area contributed by atoms with E-state index in [-0.39, 0.29) is 5.41 Å². The number of nitrogens with two attached hydrogens (primary N) is 1. The fourth-order valence-electron chi connectivity index (χ4n) is 1.94. The molecule has 1 aromatic carbocycles. The Morgan fingerprint density at radius 2 is 2.13 bits per heavy atom. The van der Waals surface area contributed by atoms with Gasteiger partial charge in [-0.15, -0.1) is 0 Å². The van der Waals surface area contributed by atoms with Crippen molar-refractivity contribution in [3.05, 3.63) is 29.8 Å². The van der Waals surface area contributed by atoms with Gasteiger partial charge in [-0.05, 0) is 30.5 Å². The highest BCUT2D eigenvalue weighted by molar-refractivity contribution is 5.50. The van der Waals surface area contributed by atoms with Crippen LogP contribution in [0.1, 0.15) is 18.4 Å². The second kappa shape index (κ2) is 3.83. The molecule has 2 rings (SSSR count). The summed E-state index contributed by atoms with van der Waals surface area (Å²) in [7, 11) is 4.11. The highest BCUT2D eigenvalue weighted by Gasteiger charge is 2.44. The van der Waals surface area contributed by atoms with Crippen molar-refractivity contribution < 1.29 is 4.84 Å². The summed E-state index contributed by atoms with van der Waals surface area (Å²) in [5, 5.41) is 0. The molecule has 0 bridgehead atoms. The maximum atomic E-state index is 5.18. The van der Waals surface area contributed by atoms with Gasteiger partial charge in [0.15, 0.2) is 0 Å². The number of hydrogen-bond donors (Lipinski definition) is 1. The molecule has 82 valence electrons. The molecule has 1 aliphatic rings. The fourth-order valence-corrected chi connectivity index (χ4v) is 1.94. The summed E-state index contributed by atoms with van der Waals surface area (Å²) in [6, 6.07) is 8.61. The van der Waals surface area contributed by atoms with Crippen molar-refractivity contribution in [2.24, 2.45) is 5.90 Å². The van der Waals surface area contributed by atoms with Crippen molar-refractivity contribution in [3.8, 4) is 0 Å². The monoisotopic (exact) mass is 206 g/mol. The summed E-state index contributed by atoms with van der Waals surface area (Å²) in [5.41, 5.74) is 2.77. The lowest BCUT2D eigenvalue weighted by Gasteiger charge is -2.18. The quantitative estimate of drug-likeness (QED) is 0.762. The summed E-state index contributed by atoms with van der Waals surface area (Å²) < 4.78 is 0. The SMILES string of the molecule is CN(C)c1cccc(C2(CON)CC2)c1. The third kappa shape index (κ3) is 1.98. The lowest BCUT2D eigenvalue weighted by atomic mass is 9.96. The van der Waals surface area contributed by atoms with Crippen molar-refractivity contribution in [1.29, 1.82) is 0 Å². The molecule has 15 heavy (non-hydrogen) atoms. The second-order valence-corrected chi connectivity index (χ2v) is 4.54. The van der Waals surface area contributed by atoms with E-state index in [4.69, 9.17) is 10.7 Å². The molecule has 0 amide bonds. The van der Waals surface area contributed by atoms with Gasteiger partial charge in [0, 0.05) is 25.2 Å². The highest BCUT2D eigenvalue weighted by Crippen LogP contribution is 2.48. The molecule has 0 radical (unpaired) electrons. The second-order valence-electron chi connectivity index (χ2n) is 4.54. The van der Waals surface area contributed by atoms with Gasteiger partial charge in [-0.2, -0.15) is 0 Å². The first-order chi connectivity index (χ1) is 7.18. The van der Waals surface area contributed by atoms with Gasteiger partial charge in [-0.1, -0.05) is 12.1 Å². The van der Waals surface area contributed by atoms with Crippen molar-refractivity contribution in [1.82, 2.24) is 0 Å². The van der Waals surface area contributed by atoms with Gasteiger partial charge in [0.1, 0.15) is 0 Å². The number of hydrogen-bond acceptors (Lipinski definition) is 3. The van der Waals surface area contributed by atoms with Crippen LogP contribution in [0.5, 0.6) is 0 Å². The van der Waals surface area contributed by atoms with E-state index in [1.54, 1.807) is 0 Å². The number of benzene rings is 1. The molecule has 0 aliphatic heterocycles. The summed E-state index contributed by atoms with van der Waals surface area (Å²) in [6.07, 6.45) is 2.36. The molecule has 0 unspecified atom stereocenters. The minimum atomic E-state index is 0.195. The Bertz CT molecular complexity index is 345. The van der Waals surface area contributed by atoms with Crippen molar-refractivity contribution >= 4 is 5.69 Å². The van der Waals surface area contributed by atoms with Crippen LogP contribution in [0.25, 0.3) is 0 Å². The molecule has 0 heterocycles. The van der Waals surface area contributed by atoms with E-state index in [1.165, 1.54) is 24.1 Å². The van der Waals surface area contributed by atoms with Gasteiger partial charge in [-0.3, -0.25) is 0 Å².